The summed E-state index contributed by atoms with van der Waals surface area (Å²) in [5.74, 6) is 0.948. The Hall–Kier alpha value is -2.32. The van der Waals surface area contributed by atoms with Crippen LogP contribution in [0.1, 0.15) is 34.6 Å². The smallest absolute Gasteiger partial charge is 0.252 e. The van der Waals surface area contributed by atoms with Gasteiger partial charge in [0.05, 0.1) is 5.56 Å². The quantitative estimate of drug-likeness (QED) is 0.547. The van der Waals surface area contributed by atoms with Gasteiger partial charge in [-0.05, 0) is 64.5 Å². The molecule has 2 aromatic carbocycles. The standard InChI is InChI=1S/C22H22BrFN4OS/c23-19-4-2-1-3-18(19)21(29)25-14-16-9-11-28(12-10-16)22-26-20(27-30-22)13-15-5-7-17(24)8-6-15/h1-8,16H,9-14H2,(H,25,29). The minimum Gasteiger partial charge on any atom is -0.352 e. The van der Waals surface area contributed by atoms with Crippen LogP contribution in [-0.2, 0) is 6.42 Å². The fourth-order valence-electron chi connectivity index (χ4n) is 3.54. The van der Waals surface area contributed by atoms with Crippen LogP contribution in [0.15, 0.2) is 53.0 Å². The minimum atomic E-state index is -0.235. The number of halogens is 2. The maximum Gasteiger partial charge on any atom is 0.252 e. The Bertz CT molecular complexity index is 1000. The molecule has 5 nitrogen and oxygen atoms in total. The molecule has 1 fully saturated rings. The lowest BCUT2D eigenvalue weighted by atomic mass is 9.97. The van der Waals surface area contributed by atoms with Crippen LogP contribution in [0.3, 0.4) is 0 Å². The summed E-state index contributed by atoms with van der Waals surface area (Å²) in [7, 11) is 0. The van der Waals surface area contributed by atoms with Gasteiger partial charge in [0, 0.05) is 42.1 Å². The molecule has 3 aromatic rings. The molecule has 1 aliphatic heterocycles. The third kappa shape index (κ3) is 5.23. The van der Waals surface area contributed by atoms with Crippen LogP contribution < -0.4 is 10.2 Å². The summed E-state index contributed by atoms with van der Waals surface area (Å²) in [6.45, 7) is 2.49. The van der Waals surface area contributed by atoms with Gasteiger partial charge in [0.15, 0.2) is 0 Å². The first kappa shape index (κ1) is 20.9. The van der Waals surface area contributed by atoms with Crippen LogP contribution in [-0.4, -0.2) is 34.9 Å². The molecule has 1 N–H and O–H groups in total. The summed E-state index contributed by atoms with van der Waals surface area (Å²) in [4.78, 5) is 19.3. The van der Waals surface area contributed by atoms with Gasteiger partial charge in [-0.1, -0.05) is 24.3 Å². The van der Waals surface area contributed by atoms with Crippen LogP contribution in [0, 0.1) is 11.7 Å². The normalized spacial score (nSPS) is 14.7. The highest BCUT2D eigenvalue weighted by Gasteiger charge is 2.22. The second-order valence-corrected chi connectivity index (χ2v) is 9.00. The first-order chi connectivity index (χ1) is 14.6. The molecule has 156 valence electrons. The van der Waals surface area contributed by atoms with Crippen molar-refractivity contribution < 1.29 is 9.18 Å². The number of benzene rings is 2. The van der Waals surface area contributed by atoms with Crippen LogP contribution in [0.4, 0.5) is 9.52 Å². The van der Waals surface area contributed by atoms with Crippen molar-refractivity contribution >= 4 is 38.5 Å². The third-order valence-corrected chi connectivity index (χ3v) is 6.79. The number of hydrogen-bond donors (Lipinski definition) is 1. The van der Waals surface area contributed by atoms with E-state index in [1.165, 1.54) is 23.7 Å². The molecule has 8 heteroatoms. The van der Waals surface area contributed by atoms with Crippen LogP contribution in [0.5, 0.6) is 0 Å². The summed E-state index contributed by atoms with van der Waals surface area (Å²) >= 11 is 4.84. The highest BCUT2D eigenvalue weighted by atomic mass is 79.9. The Balaban J connectivity index is 1.25. The van der Waals surface area contributed by atoms with E-state index in [1.807, 2.05) is 24.3 Å². The molecule has 1 saturated heterocycles. The number of amides is 1. The average Bonchev–Trinajstić information content (AvgIpc) is 3.23. The van der Waals surface area contributed by atoms with Gasteiger partial charge in [-0.3, -0.25) is 4.79 Å². The molecule has 0 saturated carbocycles. The summed E-state index contributed by atoms with van der Waals surface area (Å²) in [6.07, 6.45) is 2.61. The van der Waals surface area contributed by atoms with Gasteiger partial charge < -0.3 is 10.2 Å². The lowest BCUT2D eigenvalue weighted by Crippen LogP contribution is -2.38. The number of carbonyl (C=O) groups is 1. The lowest BCUT2D eigenvalue weighted by molar-refractivity contribution is 0.0944. The minimum absolute atomic E-state index is 0.0422. The molecule has 1 aromatic heterocycles. The lowest BCUT2D eigenvalue weighted by Gasteiger charge is -2.31. The number of nitrogens with zero attached hydrogens (tertiary/aromatic N) is 3. The van der Waals surface area contributed by atoms with E-state index in [2.05, 4.69) is 35.5 Å². The van der Waals surface area contributed by atoms with Gasteiger partial charge in [0.1, 0.15) is 11.6 Å². The summed E-state index contributed by atoms with van der Waals surface area (Å²) in [5.41, 5.74) is 1.66. The fourth-order valence-corrected chi connectivity index (χ4v) is 4.74. The van der Waals surface area contributed by atoms with Crippen LogP contribution in [0.2, 0.25) is 0 Å². The fraction of sp³-hybridized carbons (Fsp3) is 0.318. The highest BCUT2D eigenvalue weighted by Crippen LogP contribution is 2.25. The van der Waals surface area contributed by atoms with E-state index in [4.69, 9.17) is 0 Å². The zero-order chi connectivity index (χ0) is 20.9. The monoisotopic (exact) mass is 488 g/mol. The van der Waals surface area contributed by atoms with E-state index in [9.17, 15) is 9.18 Å². The molecular weight excluding hydrogens is 467 g/mol. The van der Waals surface area contributed by atoms with Crippen LogP contribution >= 0.6 is 27.5 Å². The van der Waals surface area contributed by atoms with Crippen molar-refractivity contribution in [3.8, 4) is 0 Å². The molecule has 0 unspecified atom stereocenters. The molecule has 4 rings (SSSR count). The van der Waals surface area contributed by atoms with Gasteiger partial charge in [0.25, 0.3) is 5.91 Å². The van der Waals surface area contributed by atoms with Crippen molar-refractivity contribution in [3.63, 3.8) is 0 Å². The third-order valence-electron chi connectivity index (χ3n) is 5.29. The largest absolute Gasteiger partial charge is 0.352 e. The van der Waals surface area contributed by atoms with E-state index < -0.39 is 0 Å². The summed E-state index contributed by atoms with van der Waals surface area (Å²) in [5, 5.41) is 3.99. The predicted molar refractivity (Wildman–Crippen MR) is 121 cm³/mol. The molecule has 1 aliphatic rings. The number of carbonyl (C=O) groups excluding carboxylic acids is 1. The van der Waals surface area contributed by atoms with Crippen molar-refractivity contribution in [1.82, 2.24) is 14.7 Å². The van der Waals surface area contributed by atoms with Gasteiger partial charge in [-0.25, -0.2) is 9.37 Å². The first-order valence-corrected chi connectivity index (χ1v) is 11.5. The number of anilines is 1. The van der Waals surface area contributed by atoms with Gasteiger partial charge in [-0.15, -0.1) is 0 Å². The molecule has 0 aliphatic carbocycles. The second-order valence-electron chi connectivity index (χ2n) is 7.42. The maximum absolute atomic E-state index is 13.0. The molecule has 2 heterocycles. The number of aromatic nitrogens is 2. The molecule has 30 heavy (non-hydrogen) atoms. The number of hydrogen-bond acceptors (Lipinski definition) is 5. The molecular formula is C22H22BrFN4OS. The molecule has 0 bridgehead atoms. The zero-order valence-corrected chi connectivity index (χ0v) is 18.8. The number of nitrogens with one attached hydrogen (secondary N) is 1. The van der Waals surface area contributed by atoms with Gasteiger partial charge >= 0.3 is 0 Å². The van der Waals surface area contributed by atoms with E-state index in [0.29, 0.717) is 24.4 Å². The van der Waals surface area contributed by atoms with Crippen molar-refractivity contribution in [2.45, 2.75) is 19.3 Å². The van der Waals surface area contributed by atoms with Crippen molar-refractivity contribution in [2.75, 3.05) is 24.5 Å². The Morgan fingerprint density at radius 3 is 2.63 bits per heavy atom. The van der Waals surface area contributed by atoms with Crippen molar-refractivity contribution in [3.05, 3.63) is 75.8 Å². The predicted octanol–water partition coefficient (Wildman–Crippen LogP) is 4.68. The maximum atomic E-state index is 13.0. The van der Waals surface area contributed by atoms with Gasteiger partial charge in [-0.2, -0.15) is 4.37 Å². The summed E-state index contributed by atoms with van der Waals surface area (Å²) in [6, 6.07) is 13.9. The Morgan fingerprint density at radius 1 is 1.17 bits per heavy atom. The van der Waals surface area contributed by atoms with Crippen molar-refractivity contribution in [1.29, 1.82) is 0 Å². The molecule has 0 atom stereocenters. The van der Waals surface area contributed by atoms with Crippen LogP contribution in [0.25, 0.3) is 0 Å². The summed E-state index contributed by atoms with van der Waals surface area (Å²) < 4.78 is 18.3. The SMILES string of the molecule is O=C(NCC1CCN(c2nc(Cc3ccc(F)cc3)ns2)CC1)c1ccccc1Br. The number of rotatable bonds is 6. The molecule has 0 radical (unpaired) electrons. The zero-order valence-electron chi connectivity index (χ0n) is 16.4. The van der Waals surface area contributed by atoms with E-state index in [-0.39, 0.29) is 11.7 Å². The topological polar surface area (TPSA) is 58.1 Å². The molecule has 1 amide bonds. The highest BCUT2D eigenvalue weighted by molar-refractivity contribution is 9.10. The number of piperidine rings is 1. The second kappa shape index (κ2) is 9.66. The molecule has 0 spiro atoms. The first-order valence-electron chi connectivity index (χ1n) is 9.93. The average molecular weight is 489 g/mol. The van der Waals surface area contributed by atoms with E-state index >= 15 is 0 Å². The Kier molecular flexibility index (Phi) is 6.74. The van der Waals surface area contributed by atoms with E-state index in [1.54, 1.807) is 12.1 Å². The van der Waals surface area contributed by atoms with E-state index in [0.717, 1.165) is 46.9 Å². The van der Waals surface area contributed by atoms with Crippen molar-refractivity contribution in [2.24, 2.45) is 5.92 Å². The Morgan fingerprint density at radius 2 is 1.90 bits per heavy atom. The van der Waals surface area contributed by atoms with Gasteiger partial charge in [0.2, 0.25) is 5.13 Å². The Labute approximate surface area is 187 Å².